The summed E-state index contributed by atoms with van der Waals surface area (Å²) in [6, 6.07) is 16.9. The monoisotopic (exact) mass is 382 g/mol. The van der Waals surface area contributed by atoms with E-state index in [4.69, 9.17) is 0 Å². The summed E-state index contributed by atoms with van der Waals surface area (Å²) in [6.07, 6.45) is -2.78. The van der Waals surface area contributed by atoms with Crippen molar-refractivity contribution < 1.29 is 21.6 Å². The molecular formula is C18H17F3N2O2S. The van der Waals surface area contributed by atoms with E-state index in [1.807, 2.05) is 42.6 Å². The van der Waals surface area contributed by atoms with E-state index >= 15 is 0 Å². The van der Waals surface area contributed by atoms with Crippen molar-refractivity contribution in [3.05, 3.63) is 66.4 Å². The van der Waals surface area contributed by atoms with Gasteiger partial charge in [-0.3, -0.25) is 0 Å². The van der Waals surface area contributed by atoms with Crippen molar-refractivity contribution in [2.75, 3.05) is 16.9 Å². The van der Waals surface area contributed by atoms with Crippen LogP contribution in [0.5, 0.6) is 0 Å². The molecule has 0 unspecified atom stereocenters. The average molecular weight is 382 g/mol. The van der Waals surface area contributed by atoms with Gasteiger partial charge in [-0.25, -0.2) is 8.42 Å². The third-order valence-corrected chi connectivity index (χ3v) is 5.19. The van der Waals surface area contributed by atoms with E-state index in [0.29, 0.717) is 12.2 Å². The number of fused-ring (bicyclic) bond motifs is 1. The molecule has 0 spiro atoms. The van der Waals surface area contributed by atoms with Crippen LogP contribution in [-0.2, 0) is 16.4 Å². The van der Waals surface area contributed by atoms with Gasteiger partial charge in [0.05, 0.1) is 0 Å². The Labute approximate surface area is 149 Å². The maximum absolute atomic E-state index is 12.3. The molecule has 0 fully saturated rings. The van der Waals surface area contributed by atoms with Crippen LogP contribution in [0.1, 0.15) is 5.56 Å². The topological polar surface area (TPSA) is 51.1 Å². The van der Waals surface area contributed by atoms with E-state index in [1.54, 1.807) is 18.2 Å². The number of anilines is 1. The molecule has 0 aliphatic heterocycles. The average Bonchev–Trinajstić information content (AvgIpc) is 2.95. The zero-order chi connectivity index (χ0) is 18.8. The summed E-state index contributed by atoms with van der Waals surface area (Å²) in [6.45, 7) is 0.568. The van der Waals surface area contributed by atoms with Crippen LogP contribution in [-0.4, -0.2) is 30.8 Å². The Hall–Kier alpha value is -2.48. The minimum absolute atomic E-state index is 0.463. The molecule has 0 aliphatic rings. The van der Waals surface area contributed by atoms with Crippen LogP contribution in [0.15, 0.2) is 60.8 Å². The summed E-state index contributed by atoms with van der Waals surface area (Å²) in [5.41, 5.74) is 2.44. The standard InChI is InChI=1S/C18H17F3N2O2S/c19-18(20,21)12-26(24,25)13-22-16-6-3-4-14(10-16)11-23-9-8-15-5-1-2-7-17(15)23/h1-10,22H,11-13H2. The van der Waals surface area contributed by atoms with Gasteiger partial charge in [-0.05, 0) is 35.2 Å². The lowest BCUT2D eigenvalue weighted by Crippen LogP contribution is -2.27. The molecule has 1 aromatic heterocycles. The number of aromatic nitrogens is 1. The number of hydrogen-bond acceptors (Lipinski definition) is 3. The molecule has 0 atom stereocenters. The highest BCUT2D eigenvalue weighted by atomic mass is 32.2. The number of hydrogen-bond donors (Lipinski definition) is 1. The van der Waals surface area contributed by atoms with E-state index in [0.717, 1.165) is 16.5 Å². The second kappa shape index (κ2) is 7.03. The first-order valence-electron chi connectivity index (χ1n) is 7.86. The lowest BCUT2D eigenvalue weighted by atomic mass is 10.2. The first kappa shape index (κ1) is 18.3. The minimum Gasteiger partial charge on any atom is -0.372 e. The molecule has 0 radical (unpaired) electrons. The molecule has 0 saturated carbocycles. The predicted molar refractivity (Wildman–Crippen MR) is 95.8 cm³/mol. The zero-order valence-corrected chi connectivity index (χ0v) is 14.5. The third-order valence-electron chi connectivity index (χ3n) is 3.84. The van der Waals surface area contributed by atoms with Crippen LogP contribution in [0.4, 0.5) is 18.9 Å². The third kappa shape index (κ3) is 4.78. The quantitative estimate of drug-likeness (QED) is 0.700. The zero-order valence-electron chi connectivity index (χ0n) is 13.7. The number of halogens is 3. The van der Waals surface area contributed by atoms with Crippen LogP contribution >= 0.6 is 0 Å². The van der Waals surface area contributed by atoms with Crippen molar-refractivity contribution in [2.24, 2.45) is 0 Å². The normalized spacial score (nSPS) is 12.4. The van der Waals surface area contributed by atoms with Crippen LogP contribution in [0.2, 0.25) is 0 Å². The number of nitrogens with zero attached hydrogens (tertiary/aromatic N) is 1. The molecule has 138 valence electrons. The van der Waals surface area contributed by atoms with Crippen molar-refractivity contribution in [3.63, 3.8) is 0 Å². The van der Waals surface area contributed by atoms with Crippen LogP contribution in [0.3, 0.4) is 0 Å². The van der Waals surface area contributed by atoms with Gasteiger partial charge in [-0.15, -0.1) is 0 Å². The van der Waals surface area contributed by atoms with Crippen LogP contribution < -0.4 is 5.32 Å². The van der Waals surface area contributed by atoms with Crippen molar-refractivity contribution >= 4 is 26.4 Å². The number of nitrogens with one attached hydrogen (secondary N) is 1. The largest absolute Gasteiger partial charge is 0.402 e. The van der Waals surface area contributed by atoms with E-state index in [9.17, 15) is 21.6 Å². The smallest absolute Gasteiger partial charge is 0.372 e. The summed E-state index contributed by atoms with van der Waals surface area (Å²) in [5, 5.41) is 3.68. The van der Waals surface area contributed by atoms with Gasteiger partial charge in [0.15, 0.2) is 9.84 Å². The molecule has 1 heterocycles. The molecule has 0 aliphatic carbocycles. The highest BCUT2D eigenvalue weighted by Gasteiger charge is 2.34. The molecule has 2 aromatic carbocycles. The molecule has 26 heavy (non-hydrogen) atoms. The number of benzene rings is 2. The van der Waals surface area contributed by atoms with Crippen molar-refractivity contribution in [1.29, 1.82) is 0 Å². The molecule has 1 N–H and O–H groups in total. The second-order valence-electron chi connectivity index (χ2n) is 6.03. The highest BCUT2D eigenvalue weighted by Crippen LogP contribution is 2.20. The molecular weight excluding hydrogens is 365 g/mol. The fraction of sp³-hybridized carbons (Fsp3) is 0.222. The fourth-order valence-corrected chi connectivity index (χ4v) is 3.74. The Balaban J connectivity index is 1.71. The molecule has 0 amide bonds. The van der Waals surface area contributed by atoms with E-state index in [1.165, 1.54) is 0 Å². The Kier molecular flexibility index (Phi) is 4.95. The first-order chi connectivity index (χ1) is 12.2. The summed E-state index contributed by atoms with van der Waals surface area (Å²) in [4.78, 5) is 0. The van der Waals surface area contributed by atoms with E-state index in [2.05, 4.69) is 9.88 Å². The van der Waals surface area contributed by atoms with Gasteiger partial charge in [0, 0.05) is 23.9 Å². The van der Waals surface area contributed by atoms with Crippen LogP contribution in [0, 0.1) is 0 Å². The molecule has 4 nitrogen and oxygen atoms in total. The minimum atomic E-state index is -4.74. The van der Waals surface area contributed by atoms with Gasteiger partial charge >= 0.3 is 6.18 Å². The highest BCUT2D eigenvalue weighted by molar-refractivity contribution is 7.91. The summed E-state index contributed by atoms with van der Waals surface area (Å²) in [7, 11) is -4.27. The van der Waals surface area contributed by atoms with Gasteiger partial charge in [0.2, 0.25) is 0 Å². The Morgan fingerprint density at radius 3 is 2.54 bits per heavy atom. The lowest BCUT2D eigenvalue weighted by Gasteiger charge is -2.11. The Bertz CT molecular complexity index is 1010. The Morgan fingerprint density at radius 1 is 1.00 bits per heavy atom. The fourth-order valence-electron chi connectivity index (χ4n) is 2.75. The molecule has 3 aromatic rings. The first-order valence-corrected chi connectivity index (χ1v) is 9.68. The van der Waals surface area contributed by atoms with Gasteiger partial charge in [-0.2, -0.15) is 13.2 Å². The summed E-state index contributed by atoms with van der Waals surface area (Å²) < 4.78 is 61.9. The number of para-hydroxylation sites is 1. The molecule has 8 heteroatoms. The van der Waals surface area contributed by atoms with Gasteiger partial charge in [0.1, 0.15) is 11.6 Å². The molecule has 0 bridgehead atoms. The van der Waals surface area contributed by atoms with Crippen LogP contribution in [0.25, 0.3) is 10.9 Å². The lowest BCUT2D eigenvalue weighted by molar-refractivity contribution is -0.106. The summed E-state index contributed by atoms with van der Waals surface area (Å²) >= 11 is 0. The van der Waals surface area contributed by atoms with E-state index in [-0.39, 0.29) is 0 Å². The molecule has 3 rings (SSSR count). The van der Waals surface area contributed by atoms with Crippen molar-refractivity contribution in [1.82, 2.24) is 4.57 Å². The van der Waals surface area contributed by atoms with Crippen molar-refractivity contribution in [2.45, 2.75) is 12.7 Å². The number of alkyl halides is 3. The number of sulfone groups is 1. The second-order valence-corrected chi connectivity index (χ2v) is 8.09. The SMILES string of the molecule is O=S(=O)(CNc1cccc(Cn2ccc3ccccc32)c1)CC(F)(F)F. The predicted octanol–water partition coefficient (Wildman–Crippen LogP) is 4.04. The maximum atomic E-state index is 12.3. The van der Waals surface area contributed by atoms with Crippen molar-refractivity contribution in [3.8, 4) is 0 Å². The summed E-state index contributed by atoms with van der Waals surface area (Å²) in [5.74, 6) is -2.59. The molecule has 0 saturated heterocycles. The van der Waals surface area contributed by atoms with E-state index < -0.39 is 27.6 Å². The van der Waals surface area contributed by atoms with Gasteiger partial charge in [-0.1, -0.05) is 30.3 Å². The number of rotatable bonds is 6. The maximum Gasteiger partial charge on any atom is 0.402 e. The Morgan fingerprint density at radius 2 is 1.77 bits per heavy atom. The van der Waals surface area contributed by atoms with Gasteiger partial charge in [0.25, 0.3) is 0 Å². The van der Waals surface area contributed by atoms with Gasteiger partial charge < -0.3 is 9.88 Å².